The number of nitro benzene ring substituents is 1. The molecule has 1 aromatic carbocycles. The Morgan fingerprint density at radius 1 is 1.52 bits per heavy atom. The lowest BCUT2D eigenvalue weighted by Gasteiger charge is -2.13. The number of nitrogens with zero attached hydrogens (tertiary/aromatic N) is 4. The molecular weight excluding hydrogens is 298 g/mol. The lowest BCUT2D eigenvalue weighted by molar-refractivity contribution is -0.385. The second kappa shape index (κ2) is 5.88. The summed E-state index contributed by atoms with van der Waals surface area (Å²) in [6.07, 6.45) is 1.50. The summed E-state index contributed by atoms with van der Waals surface area (Å²) in [5, 5.41) is 21.4. The molecule has 1 atom stereocenters. The Hall–Kier alpha value is -2.48. The molecule has 1 N–H and O–H groups in total. The molecule has 2 rings (SSSR count). The molecule has 0 saturated carbocycles. The lowest BCUT2D eigenvalue weighted by atomic mass is 10.1. The van der Waals surface area contributed by atoms with Crippen LogP contribution in [0.1, 0.15) is 29.1 Å². The molecule has 0 aliphatic rings. The number of aryl methyl sites for hydroxylation is 1. The number of hydrogen-bond donors (Lipinski definition) is 1. The average Bonchev–Trinajstić information content (AvgIpc) is 2.84. The molecule has 21 heavy (non-hydrogen) atoms. The molecule has 0 spiro atoms. The topological polar surface area (TPSA) is 103 Å². The molecule has 0 radical (unpaired) electrons. The predicted octanol–water partition coefficient (Wildman–Crippen LogP) is 1.87. The summed E-state index contributed by atoms with van der Waals surface area (Å²) >= 11 is 5.80. The van der Waals surface area contributed by atoms with Crippen molar-refractivity contribution in [1.82, 2.24) is 20.1 Å². The summed E-state index contributed by atoms with van der Waals surface area (Å²) in [6.45, 7) is 1.71. The highest BCUT2D eigenvalue weighted by atomic mass is 35.5. The molecule has 1 heterocycles. The number of aromatic nitrogens is 3. The standard InChI is InChI=1S/C12H12ClN5O3/c1-7(11-16-14-6-17(11)2)15-12(19)9-5-8(13)3-4-10(9)18(20)21/h3-7H,1-2H3,(H,15,19). The van der Waals surface area contributed by atoms with Crippen molar-refractivity contribution in [2.45, 2.75) is 13.0 Å². The molecule has 0 fully saturated rings. The van der Waals surface area contributed by atoms with E-state index >= 15 is 0 Å². The fourth-order valence-electron chi connectivity index (χ4n) is 1.87. The van der Waals surface area contributed by atoms with Gasteiger partial charge in [-0.1, -0.05) is 11.6 Å². The average molecular weight is 310 g/mol. The van der Waals surface area contributed by atoms with E-state index in [0.717, 1.165) is 0 Å². The molecule has 0 aliphatic carbocycles. The monoisotopic (exact) mass is 309 g/mol. The zero-order valence-corrected chi connectivity index (χ0v) is 12.0. The number of carbonyl (C=O) groups is 1. The third kappa shape index (κ3) is 3.16. The molecule has 1 unspecified atom stereocenters. The number of rotatable bonds is 4. The van der Waals surface area contributed by atoms with Gasteiger partial charge in [-0.3, -0.25) is 14.9 Å². The number of nitrogens with one attached hydrogen (secondary N) is 1. The maximum Gasteiger partial charge on any atom is 0.282 e. The Kier molecular flexibility index (Phi) is 4.18. The van der Waals surface area contributed by atoms with Crippen molar-refractivity contribution < 1.29 is 9.72 Å². The van der Waals surface area contributed by atoms with Crippen molar-refractivity contribution in [3.8, 4) is 0 Å². The van der Waals surface area contributed by atoms with Crippen molar-refractivity contribution in [3.05, 3.63) is 51.1 Å². The smallest absolute Gasteiger partial charge is 0.282 e. The third-order valence-corrected chi connectivity index (χ3v) is 3.12. The fourth-order valence-corrected chi connectivity index (χ4v) is 2.04. The van der Waals surface area contributed by atoms with Crippen LogP contribution in [-0.4, -0.2) is 25.6 Å². The Labute approximate surface area is 124 Å². The molecular formula is C12H12ClN5O3. The van der Waals surface area contributed by atoms with Crippen molar-refractivity contribution in [2.24, 2.45) is 7.05 Å². The zero-order valence-electron chi connectivity index (χ0n) is 11.3. The highest BCUT2D eigenvalue weighted by Crippen LogP contribution is 2.23. The number of halogens is 1. The van der Waals surface area contributed by atoms with Crippen LogP contribution in [0.2, 0.25) is 5.02 Å². The van der Waals surface area contributed by atoms with Crippen LogP contribution < -0.4 is 5.32 Å². The molecule has 1 amide bonds. The van der Waals surface area contributed by atoms with Crippen molar-refractivity contribution in [2.75, 3.05) is 0 Å². The predicted molar refractivity (Wildman–Crippen MR) is 75.0 cm³/mol. The van der Waals surface area contributed by atoms with Crippen LogP contribution >= 0.6 is 11.6 Å². The van der Waals surface area contributed by atoms with Crippen LogP contribution in [0.15, 0.2) is 24.5 Å². The minimum Gasteiger partial charge on any atom is -0.342 e. The van der Waals surface area contributed by atoms with Crippen LogP contribution in [-0.2, 0) is 7.05 Å². The van der Waals surface area contributed by atoms with Gasteiger partial charge in [0.2, 0.25) is 0 Å². The Morgan fingerprint density at radius 3 is 2.81 bits per heavy atom. The third-order valence-electron chi connectivity index (χ3n) is 2.88. The van der Waals surface area contributed by atoms with E-state index in [1.807, 2.05) is 0 Å². The Bertz CT molecular complexity index is 700. The number of benzene rings is 1. The van der Waals surface area contributed by atoms with Gasteiger partial charge in [0.25, 0.3) is 11.6 Å². The molecule has 0 saturated heterocycles. The summed E-state index contributed by atoms with van der Waals surface area (Å²) in [5.41, 5.74) is -0.399. The highest BCUT2D eigenvalue weighted by Gasteiger charge is 2.23. The summed E-state index contributed by atoms with van der Waals surface area (Å²) in [6, 6.07) is 3.37. The molecule has 8 nitrogen and oxygen atoms in total. The number of carbonyl (C=O) groups excluding carboxylic acids is 1. The molecule has 0 aliphatic heterocycles. The van der Waals surface area contributed by atoms with E-state index in [2.05, 4.69) is 15.5 Å². The quantitative estimate of drug-likeness (QED) is 0.686. The van der Waals surface area contributed by atoms with Gasteiger partial charge in [-0.25, -0.2) is 0 Å². The van der Waals surface area contributed by atoms with Crippen LogP contribution in [0.5, 0.6) is 0 Å². The van der Waals surface area contributed by atoms with Gasteiger partial charge >= 0.3 is 0 Å². The van der Waals surface area contributed by atoms with Crippen LogP contribution in [0.3, 0.4) is 0 Å². The van der Waals surface area contributed by atoms with Crippen molar-refractivity contribution >= 4 is 23.2 Å². The minimum absolute atomic E-state index is 0.0958. The van der Waals surface area contributed by atoms with E-state index in [4.69, 9.17) is 11.6 Å². The first-order valence-electron chi connectivity index (χ1n) is 5.99. The van der Waals surface area contributed by atoms with Gasteiger partial charge in [-0.15, -0.1) is 10.2 Å². The molecule has 9 heteroatoms. The molecule has 0 bridgehead atoms. The van der Waals surface area contributed by atoms with E-state index < -0.39 is 16.9 Å². The number of hydrogen-bond acceptors (Lipinski definition) is 5. The Morgan fingerprint density at radius 2 is 2.24 bits per heavy atom. The van der Waals surface area contributed by atoms with E-state index in [1.54, 1.807) is 18.5 Å². The zero-order chi connectivity index (χ0) is 15.6. The highest BCUT2D eigenvalue weighted by molar-refractivity contribution is 6.31. The van der Waals surface area contributed by atoms with Gasteiger partial charge < -0.3 is 9.88 Å². The summed E-state index contributed by atoms with van der Waals surface area (Å²) in [4.78, 5) is 22.5. The number of nitro groups is 1. The second-order valence-corrected chi connectivity index (χ2v) is 4.85. The normalized spacial score (nSPS) is 12.0. The fraction of sp³-hybridized carbons (Fsp3) is 0.250. The van der Waals surface area contributed by atoms with Gasteiger partial charge in [0.1, 0.15) is 11.9 Å². The van der Waals surface area contributed by atoms with Gasteiger partial charge in [-0.05, 0) is 19.1 Å². The maximum absolute atomic E-state index is 12.2. The summed E-state index contributed by atoms with van der Waals surface area (Å²) in [7, 11) is 1.74. The van der Waals surface area contributed by atoms with Crippen molar-refractivity contribution in [1.29, 1.82) is 0 Å². The van der Waals surface area contributed by atoms with E-state index in [-0.39, 0.29) is 16.3 Å². The second-order valence-electron chi connectivity index (χ2n) is 4.41. The summed E-state index contributed by atoms with van der Waals surface area (Å²) in [5.74, 6) is -0.0623. The Balaban J connectivity index is 2.27. The lowest BCUT2D eigenvalue weighted by Crippen LogP contribution is -2.29. The van der Waals surface area contributed by atoms with Gasteiger partial charge in [0, 0.05) is 18.1 Å². The SMILES string of the molecule is CC(NC(=O)c1cc(Cl)ccc1[N+](=O)[O-])c1nncn1C. The van der Waals surface area contributed by atoms with Crippen LogP contribution in [0.4, 0.5) is 5.69 Å². The van der Waals surface area contributed by atoms with Crippen molar-refractivity contribution in [3.63, 3.8) is 0 Å². The van der Waals surface area contributed by atoms with Crippen LogP contribution in [0.25, 0.3) is 0 Å². The van der Waals surface area contributed by atoms with Gasteiger partial charge in [0.15, 0.2) is 5.82 Å². The first-order valence-corrected chi connectivity index (χ1v) is 6.36. The van der Waals surface area contributed by atoms with Gasteiger partial charge in [0.05, 0.1) is 11.0 Å². The first kappa shape index (κ1) is 14.9. The van der Waals surface area contributed by atoms with E-state index in [1.165, 1.54) is 24.5 Å². The summed E-state index contributed by atoms with van der Waals surface area (Å²) < 4.78 is 1.65. The first-order chi connectivity index (χ1) is 9.90. The minimum atomic E-state index is -0.627. The molecule has 2 aromatic rings. The largest absolute Gasteiger partial charge is 0.342 e. The van der Waals surface area contributed by atoms with E-state index in [9.17, 15) is 14.9 Å². The molecule has 1 aromatic heterocycles. The van der Waals surface area contributed by atoms with Gasteiger partial charge in [-0.2, -0.15) is 0 Å². The maximum atomic E-state index is 12.2. The van der Waals surface area contributed by atoms with E-state index in [0.29, 0.717) is 5.82 Å². The number of amides is 1. The molecule has 110 valence electrons. The van der Waals surface area contributed by atoms with Crippen LogP contribution in [0, 0.1) is 10.1 Å².